The summed E-state index contributed by atoms with van der Waals surface area (Å²) in [5, 5.41) is 7.11. The third-order valence-electron chi connectivity index (χ3n) is 1.38. The zero-order chi connectivity index (χ0) is 10.8. The molecule has 0 bridgehead atoms. The van der Waals surface area contributed by atoms with E-state index in [1.54, 1.807) is 0 Å². The van der Waals surface area contributed by atoms with Gasteiger partial charge in [0.15, 0.2) is 4.60 Å². The van der Waals surface area contributed by atoms with Crippen LogP contribution in [0.25, 0.3) is 0 Å². The lowest BCUT2D eigenvalue weighted by atomic mass is 10.8. The number of nitrogens with zero attached hydrogens (tertiary/aromatic N) is 3. The largest absolute Gasteiger partial charge is 0.260 e. The van der Waals surface area contributed by atoms with Crippen LogP contribution in [0.3, 0.4) is 0 Å². The molecule has 1 aromatic rings. The fourth-order valence-corrected chi connectivity index (χ4v) is 3.18. The minimum atomic E-state index is -3.58. The van der Waals surface area contributed by atoms with Gasteiger partial charge in [-0.2, -0.15) is 0 Å². The molecule has 80 valence electrons. The van der Waals surface area contributed by atoms with E-state index in [0.717, 1.165) is 0 Å². The predicted octanol–water partition coefficient (Wildman–Crippen LogP) is 0.0947. The Morgan fingerprint density at radius 1 is 1.64 bits per heavy atom. The first-order valence-electron chi connectivity index (χ1n) is 3.60. The number of hydrogen-bond acceptors (Lipinski definition) is 4. The molecule has 0 aliphatic heterocycles. The van der Waals surface area contributed by atoms with Gasteiger partial charge in [0.2, 0.25) is 5.03 Å². The molecule has 0 radical (unpaired) electrons. The zero-order valence-electron chi connectivity index (χ0n) is 7.24. The second-order valence-corrected chi connectivity index (χ2v) is 5.21. The third kappa shape index (κ3) is 2.44. The van der Waals surface area contributed by atoms with E-state index in [2.05, 4.69) is 31.0 Å². The number of hydrogen-bond donors (Lipinski definition) is 1. The van der Waals surface area contributed by atoms with Gasteiger partial charge in [-0.3, -0.25) is 0 Å². The molecule has 1 heterocycles. The molecule has 0 aliphatic rings. The molecule has 0 unspecified atom stereocenters. The molecule has 0 aliphatic carbocycles. The van der Waals surface area contributed by atoms with Crippen LogP contribution < -0.4 is 4.72 Å². The topological polar surface area (TPSA) is 76.9 Å². The van der Waals surface area contributed by atoms with E-state index in [9.17, 15) is 8.42 Å². The molecular formula is C5H8BrClN4O2S. The van der Waals surface area contributed by atoms with Crippen molar-refractivity contribution in [1.82, 2.24) is 19.7 Å². The van der Waals surface area contributed by atoms with Gasteiger partial charge in [0.05, 0.1) is 0 Å². The van der Waals surface area contributed by atoms with E-state index in [4.69, 9.17) is 11.6 Å². The number of rotatable bonds is 4. The summed E-state index contributed by atoms with van der Waals surface area (Å²) < 4.78 is 26.8. The van der Waals surface area contributed by atoms with Gasteiger partial charge in [0.25, 0.3) is 10.0 Å². The highest BCUT2D eigenvalue weighted by molar-refractivity contribution is 9.10. The summed E-state index contributed by atoms with van der Waals surface area (Å²) in [7, 11) is -2.09. The van der Waals surface area contributed by atoms with Crippen molar-refractivity contribution < 1.29 is 8.42 Å². The predicted molar refractivity (Wildman–Crippen MR) is 54.6 cm³/mol. The standard InChI is InChI=1S/C5H8BrClN4O2S/c1-11-5(4(6)9-10-11)14(12,13)8-3-2-7/h8H,2-3H2,1H3. The lowest BCUT2D eigenvalue weighted by molar-refractivity contribution is 0.562. The van der Waals surface area contributed by atoms with Gasteiger partial charge in [0, 0.05) is 19.5 Å². The minimum Gasteiger partial charge on any atom is -0.235 e. The molecule has 0 spiro atoms. The van der Waals surface area contributed by atoms with Crippen LogP contribution in [-0.2, 0) is 17.1 Å². The average Bonchev–Trinajstić information content (AvgIpc) is 2.43. The molecule has 0 saturated carbocycles. The highest BCUT2D eigenvalue weighted by atomic mass is 79.9. The molecule has 0 amide bonds. The summed E-state index contributed by atoms with van der Waals surface area (Å²) in [5.41, 5.74) is 0. The normalized spacial score (nSPS) is 11.9. The molecular weight excluding hydrogens is 296 g/mol. The van der Waals surface area contributed by atoms with Gasteiger partial charge in [0.1, 0.15) is 0 Å². The third-order valence-corrected chi connectivity index (χ3v) is 3.91. The first-order chi connectivity index (χ1) is 6.49. The highest BCUT2D eigenvalue weighted by Crippen LogP contribution is 2.17. The lowest BCUT2D eigenvalue weighted by Crippen LogP contribution is -2.27. The number of aromatic nitrogens is 3. The average molecular weight is 304 g/mol. The van der Waals surface area contributed by atoms with E-state index in [0.29, 0.717) is 0 Å². The fraction of sp³-hybridized carbons (Fsp3) is 0.600. The second-order valence-electron chi connectivity index (χ2n) is 2.40. The van der Waals surface area contributed by atoms with Crippen molar-refractivity contribution in [2.45, 2.75) is 5.03 Å². The molecule has 6 nitrogen and oxygen atoms in total. The first kappa shape index (κ1) is 11.9. The van der Waals surface area contributed by atoms with Gasteiger partial charge in [-0.15, -0.1) is 16.7 Å². The molecule has 14 heavy (non-hydrogen) atoms. The van der Waals surface area contributed by atoms with Crippen LogP contribution in [-0.4, -0.2) is 35.8 Å². The van der Waals surface area contributed by atoms with Crippen LogP contribution in [0, 0.1) is 0 Å². The maximum Gasteiger partial charge on any atom is 0.260 e. The van der Waals surface area contributed by atoms with Gasteiger partial charge in [-0.05, 0) is 15.9 Å². The quantitative estimate of drug-likeness (QED) is 0.800. The number of nitrogens with one attached hydrogen (secondary N) is 1. The van der Waals surface area contributed by atoms with Crippen molar-refractivity contribution in [3.63, 3.8) is 0 Å². The Bertz CT molecular complexity index is 398. The van der Waals surface area contributed by atoms with E-state index in [1.807, 2.05) is 0 Å². The van der Waals surface area contributed by atoms with Crippen LogP contribution in [0.15, 0.2) is 9.63 Å². The SMILES string of the molecule is Cn1nnc(Br)c1S(=O)(=O)NCCCl. The Balaban J connectivity index is 3.04. The smallest absolute Gasteiger partial charge is 0.235 e. The fourth-order valence-electron chi connectivity index (χ4n) is 0.849. The van der Waals surface area contributed by atoms with Crippen molar-refractivity contribution in [2.75, 3.05) is 12.4 Å². The van der Waals surface area contributed by atoms with Crippen molar-refractivity contribution in [1.29, 1.82) is 0 Å². The van der Waals surface area contributed by atoms with E-state index in [-0.39, 0.29) is 22.1 Å². The number of aryl methyl sites for hydroxylation is 1. The summed E-state index contributed by atoms with van der Waals surface area (Å²) in [6, 6.07) is 0. The molecule has 1 N–H and O–H groups in total. The van der Waals surface area contributed by atoms with E-state index in [1.165, 1.54) is 11.7 Å². The summed E-state index contributed by atoms with van der Waals surface area (Å²) in [4.78, 5) is 0. The maximum absolute atomic E-state index is 11.6. The van der Waals surface area contributed by atoms with Crippen LogP contribution in [0.1, 0.15) is 0 Å². The molecule has 9 heteroatoms. The van der Waals surface area contributed by atoms with E-state index < -0.39 is 10.0 Å². The van der Waals surface area contributed by atoms with Crippen LogP contribution in [0.5, 0.6) is 0 Å². The monoisotopic (exact) mass is 302 g/mol. The Morgan fingerprint density at radius 3 is 2.71 bits per heavy atom. The minimum absolute atomic E-state index is 0.0115. The summed E-state index contributed by atoms with van der Waals surface area (Å²) in [6.07, 6.45) is 0. The lowest BCUT2D eigenvalue weighted by Gasteiger charge is -2.04. The number of halogens is 2. The van der Waals surface area contributed by atoms with Gasteiger partial charge >= 0.3 is 0 Å². The summed E-state index contributed by atoms with van der Waals surface area (Å²) in [6.45, 7) is 0.168. The zero-order valence-corrected chi connectivity index (χ0v) is 10.4. The number of alkyl halides is 1. The Kier molecular flexibility index (Phi) is 3.87. The first-order valence-corrected chi connectivity index (χ1v) is 6.41. The van der Waals surface area contributed by atoms with Gasteiger partial charge < -0.3 is 0 Å². The van der Waals surface area contributed by atoms with Crippen molar-refractivity contribution in [3.8, 4) is 0 Å². The molecule has 1 rings (SSSR count). The molecule has 0 atom stereocenters. The number of sulfonamides is 1. The second kappa shape index (κ2) is 4.56. The van der Waals surface area contributed by atoms with Gasteiger partial charge in [-0.1, -0.05) is 5.21 Å². The summed E-state index contributed by atoms with van der Waals surface area (Å²) >= 11 is 8.37. The molecule has 0 saturated heterocycles. The molecule has 1 aromatic heterocycles. The summed E-state index contributed by atoms with van der Waals surface area (Å²) in [5.74, 6) is 0.210. The van der Waals surface area contributed by atoms with Crippen LogP contribution in [0.2, 0.25) is 0 Å². The Morgan fingerprint density at radius 2 is 2.29 bits per heavy atom. The molecule has 0 fully saturated rings. The van der Waals surface area contributed by atoms with Crippen molar-refractivity contribution in [2.24, 2.45) is 7.05 Å². The van der Waals surface area contributed by atoms with Crippen LogP contribution >= 0.6 is 27.5 Å². The maximum atomic E-state index is 11.6. The molecule has 0 aromatic carbocycles. The highest BCUT2D eigenvalue weighted by Gasteiger charge is 2.22. The van der Waals surface area contributed by atoms with Crippen molar-refractivity contribution in [3.05, 3.63) is 4.60 Å². The van der Waals surface area contributed by atoms with Crippen molar-refractivity contribution >= 4 is 37.6 Å². The van der Waals surface area contributed by atoms with Crippen LogP contribution in [0.4, 0.5) is 0 Å². The van der Waals surface area contributed by atoms with E-state index >= 15 is 0 Å². The van der Waals surface area contributed by atoms with Gasteiger partial charge in [-0.25, -0.2) is 17.8 Å². The Hall–Kier alpha value is -0.180. The Labute approximate surface area is 94.8 Å².